The fourth-order valence-electron chi connectivity index (χ4n) is 2.41. The van der Waals surface area contributed by atoms with Crippen LogP contribution in [-0.4, -0.2) is 22.7 Å². The number of rotatable bonds is 6. The standard InChI is InChI=1S/C18H26N2O2/c1-13-5-7-14(8-6-13)17-20-16(12-22-17)10-19-15(11-21)9-18(2,3)4/h5-8,12,15,19,21H,9-11H2,1-4H3. The van der Waals surface area contributed by atoms with Crippen LogP contribution in [0.15, 0.2) is 34.9 Å². The van der Waals surface area contributed by atoms with Gasteiger partial charge in [-0.25, -0.2) is 4.98 Å². The highest BCUT2D eigenvalue weighted by atomic mass is 16.3. The number of benzene rings is 1. The van der Waals surface area contributed by atoms with Crippen LogP contribution in [0.5, 0.6) is 0 Å². The molecule has 0 fully saturated rings. The number of hydrogen-bond donors (Lipinski definition) is 2. The number of aliphatic hydroxyl groups excluding tert-OH is 1. The third-order valence-corrected chi connectivity index (χ3v) is 3.50. The van der Waals surface area contributed by atoms with Crippen LogP contribution in [0.25, 0.3) is 11.5 Å². The van der Waals surface area contributed by atoms with E-state index in [1.165, 1.54) is 5.56 Å². The smallest absolute Gasteiger partial charge is 0.226 e. The van der Waals surface area contributed by atoms with Crippen LogP contribution < -0.4 is 5.32 Å². The summed E-state index contributed by atoms with van der Waals surface area (Å²) in [5.41, 5.74) is 3.22. The van der Waals surface area contributed by atoms with E-state index in [-0.39, 0.29) is 18.1 Å². The third kappa shape index (κ3) is 4.97. The number of hydrogen-bond acceptors (Lipinski definition) is 4. The summed E-state index contributed by atoms with van der Waals surface area (Å²) in [5.74, 6) is 0.633. The molecule has 120 valence electrons. The Kier molecular flexibility index (Phi) is 5.37. The van der Waals surface area contributed by atoms with Crippen molar-refractivity contribution in [3.63, 3.8) is 0 Å². The Morgan fingerprint density at radius 3 is 2.50 bits per heavy atom. The summed E-state index contributed by atoms with van der Waals surface area (Å²) in [4.78, 5) is 4.50. The largest absolute Gasteiger partial charge is 0.444 e. The second-order valence-corrected chi connectivity index (χ2v) is 7.04. The van der Waals surface area contributed by atoms with Crippen LogP contribution >= 0.6 is 0 Å². The van der Waals surface area contributed by atoms with Gasteiger partial charge in [-0.15, -0.1) is 0 Å². The first-order valence-corrected chi connectivity index (χ1v) is 7.73. The van der Waals surface area contributed by atoms with Crippen LogP contribution in [0.3, 0.4) is 0 Å². The topological polar surface area (TPSA) is 58.3 Å². The fraction of sp³-hybridized carbons (Fsp3) is 0.500. The predicted molar refractivity (Wildman–Crippen MR) is 88.5 cm³/mol. The predicted octanol–water partition coefficient (Wildman–Crippen LogP) is 3.54. The molecule has 22 heavy (non-hydrogen) atoms. The maximum Gasteiger partial charge on any atom is 0.226 e. The Morgan fingerprint density at radius 2 is 1.91 bits per heavy atom. The molecule has 0 saturated heterocycles. The Balaban J connectivity index is 1.95. The van der Waals surface area contributed by atoms with Crippen molar-refractivity contribution in [3.8, 4) is 11.5 Å². The van der Waals surface area contributed by atoms with Gasteiger partial charge in [-0.05, 0) is 30.9 Å². The van der Waals surface area contributed by atoms with E-state index < -0.39 is 0 Å². The molecule has 1 atom stereocenters. The number of nitrogens with zero attached hydrogens (tertiary/aromatic N) is 1. The first kappa shape index (κ1) is 16.7. The van der Waals surface area contributed by atoms with Crippen LogP contribution in [0.4, 0.5) is 0 Å². The van der Waals surface area contributed by atoms with Crippen molar-refractivity contribution in [3.05, 3.63) is 41.8 Å². The number of aryl methyl sites for hydroxylation is 1. The lowest BCUT2D eigenvalue weighted by molar-refractivity contribution is 0.197. The lowest BCUT2D eigenvalue weighted by Gasteiger charge is -2.25. The zero-order chi connectivity index (χ0) is 16.2. The van der Waals surface area contributed by atoms with E-state index in [4.69, 9.17) is 4.42 Å². The van der Waals surface area contributed by atoms with Crippen LogP contribution in [-0.2, 0) is 6.54 Å². The molecule has 2 N–H and O–H groups in total. The van der Waals surface area contributed by atoms with E-state index in [2.05, 4.69) is 38.0 Å². The minimum atomic E-state index is 0.0690. The highest BCUT2D eigenvalue weighted by molar-refractivity contribution is 5.53. The summed E-state index contributed by atoms with van der Waals surface area (Å²) in [5, 5.41) is 12.8. The quantitative estimate of drug-likeness (QED) is 0.857. The van der Waals surface area contributed by atoms with Gasteiger partial charge in [0, 0.05) is 18.2 Å². The minimum absolute atomic E-state index is 0.0690. The first-order valence-electron chi connectivity index (χ1n) is 7.73. The summed E-state index contributed by atoms with van der Waals surface area (Å²) < 4.78 is 5.54. The van der Waals surface area contributed by atoms with Gasteiger partial charge in [0.05, 0.1) is 12.3 Å². The van der Waals surface area contributed by atoms with Crippen molar-refractivity contribution in [1.29, 1.82) is 0 Å². The molecule has 0 bridgehead atoms. The molecule has 1 unspecified atom stereocenters. The van der Waals surface area contributed by atoms with E-state index >= 15 is 0 Å². The lowest BCUT2D eigenvalue weighted by Crippen LogP contribution is -2.35. The van der Waals surface area contributed by atoms with Gasteiger partial charge in [0.2, 0.25) is 5.89 Å². The van der Waals surface area contributed by atoms with E-state index in [1.54, 1.807) is 6.26 Å². The summed E-state index contributed by atoms with van der Waals surface area (Å²) >= 11 is 0. The molecule has 1 aromatic heterocycles. The van der Waals surface area contributed by atoms with Gasteiger partial charge in [-0.2, -0.15) is 0 Å². The molecule has 2 aromatic rings. The molecule has 4 nitrogen and oxygen atoms in total. The van der Waals surface area contributed by atoms with Crippen molar-refractivity contribution >= 4 is 0 Å². The van der Waals surface area contributed by atoms with E-state index in [0.29, 0.717) is 12.4 Å². The normalized spacial score (nSPS) is 13.3. The van der Waals surface area contributed by atoms with E-state index in [1.807, 2.05) is 24.3 Å². The molecule has 0 spiro atoms. The number of aliphatic hydroxyl groups is 1. The second-order valence-electron chi connectivity index (χ2n) is 7.04. The molecule has 4 heteroatoms. The van der Waals surface area contributed by atoms with Gasteiger partial charge in [0.15, 0.2) is 0 Å². The fourth-order valence-corrected chi connectivity index (χ4v) is 2.41. The first-order chi connectivity index (χ1) is 10.4. The Hall–Kier alpha value is -1.65. The molecule has 0 aliphatic carbocycles. The SMILES string of the molecule is Cc1ccc(-c2nc(CNC(CO)CC(C)(C)C)co2)cc1. The molecule has 0 amide bonds. The molecule has 0 radical (unpaired) electrons. The molecule has 1 aromatic carbocycles. The average molecular weight is 302 g/mol. The second kappa shape index (κ2) is 7.07. The monoisotopic (exact) mass is 302 g/mol. The number of aromatic nitrogens is 1. The molecular formula is C18H26N2O2. The Bertz CT molecular complexity index is 582. The summed E-state index contributed by atoms with van der Waals surface area (Å²) in [6.45, 7) is 9.28. The number of nitrogens with one attached hydrogen (secondary N) is 1. The average Bonchev–Trinajstić information content (AvgIpc) is 2.92. The molecule has 0 aliphatic heterocycles. The van der Waals surface area contributed by atoms with Crippen LogP contribution in [0.2, 0.25) is 0 Å². The van der Waals surface area contributed by atoms with Crippen molar-refractivity contribution in [2.45, 2.75) is 46.7 Å². The molecule has 1 heterocycles. The molecule has 2 rings (SSSR count). The zero-order valence-corrected chi connectivity index (χ0v) is 13.9. The maximum atomic E-state index is 9.47. The van der Waals surface area contributed by atoms with Crippen LogP contribution in [0.1, 0.15) is 38.4 Å². The summed E-state index contributed by atoms with van der Waals surface area (Å²) in [7, 11) is 0. The molecule has 0 aliphatic rings. The summed E-state index contributed by atoms with van der Waals surface area (Å²) in [6.07, 6.45) is 2.58. The van der Waals surface area contributed by atoms with Crippen molar-refractivity contribution in [2.24, 2.45) is 5.41 Å². The Morgan fingerprint density at radius 1 is 1.23 bits per heavy atom. The highest BCUT2D eigenvalue weighted by Crippen LogP contribution is 2.21. The van der Waals surface area contributed by atoms with E-state index in [9.17, 15) is 5.11 Å². The van der Waals surface area contributed by atoms with Gasteiger partial charge >= 0.3 is 0 Å². The van der Waals surface area contributed by atoms with E-state index in [0.717, 1.165) is 17.7 Å². The highest BCUT2D eigenvalue weighted by Gasteiger charge is 2.18. The number of oxazole rings is 1. The Labute approximate surface area is 132 Å². The van der Waals surface area contributed by atoms with Gasteiger partial charge in [0.1, 0.15) is 6.26 Å². The summed E-state index contributed by atoms with van der Waals surface area (Å²) in [6, 6.07) is 8.17. The van der Waals surface area contributed by atoms with Crippen molar-refractivity contribution in [2.75, 3.05) is 6.61 Å². The lowest BCUT2D eigenvalue weighted by atomic mass is 9.88. The van der Waals surface area contributed by atoms with Gasteiger partial charge in [-0.1, -0.05) is 38.5 Å². The zero-order valence-electron chi connectivity index (χ0n) is 13.9. The van der Waals surface area contributed by atoms with Crippen LogP contribution in [0, 0.1) is 12.3 Å². The van der Waals surface area contributed by atoms with Crippen molar-refractivity contribution < 1.29 is 9.52 Å². The molecular weight excluding hydrogens is 276 g/mol. The van der Waals surface area contributed by atoms with Crippen molar-refractivity contribution in [1.82, 2.24) is 10.3 Å². The minimum Gasteiger partial charge on any atom is -0.444 e. The maximum absolute atomic E-state index is 9.47. The van der Waals surface area contributed by atoms with Gasteiger partial charge in [-0.3, -0.25) is 0 Å². The van der Waals surface area contributed by atoms with Gasteiger partial charge in [0.25, 0.3) is 0 Å². The molecule has 0 saturated carbocycles. The van der Waals surface area contributed by atoms with Gasteiger partial charge < -0.3 is 14.8 Å². The third-order valence-electron chi connectivity index (χ3n) is 3.50.